The molecule has 1 atom stereocenters. The quantitative estimate of drug-likeness (QED) is 0.264. The molecule has 0 rings (SSSR count). The molecular formula is C15H25F5O5Si. The minimum atomic E-state index is -6.25. The van der Waals surface area contributed by atoms with Gasteiger partial charge in [0.1, 0.15) is 0 Å². The third-order valence-corrected chi connectivity index (χ3v) is 3.64. The molecule has 11 heteroatoms. The zero-order chi connectivity index (χ0) is 21.1. The molecule has 0 heterocycles. The van der Waals surface area contributed by atoms with E-state index in [9.17, 15) is 31.5 Å². The Hall–Kier alpha value is -1.23. The van der Waals surface area contributed by atoms with Gasteiger partial charge in [0.15, 0.2) is 8.32 Å². The molecule has 26 heavy (non-hydrogen) atoms. The lowest BCUT2D eigenvalue weighted by molar-refractivity contribution is -0.330. The Morgan fingerprint density at radius 1 is 0.923 bits per heavy atom. The Labute approximate surface area is 150 Å². The first kappa shape index (κ1) is 24.8. The van der Waals surface area contributed by atoms with Crippen LogP contribution in [0.1, 0.15) is 27.7 Å². The highest BCUT2D eigenvalue weighted by Gasteiger charge is 2.80. The summed E-state index contributed by atoms with van der Waals surface area (Å²) >= 11 is 0. The van der Waals surface area contributed by atoms with E-state index in [1.165, 1.54) is 33.5 Å². The van der Waals surface area contributed by atoms with E-state index in [0.29, 0.717) is 0 Å². The average Bonchev–Trinajstić information content (AvgIpc) is 2.38. The first-order valence-corrected chi connectivity index (χ1v) is 11.3. The highest BCUT2D eigenvalue weighted by atomic mass is 28.4. The number of carbonyl (C=O) groups is 2. The van der Waals surface area contributed by atoms with Crippen LogP contribution in [-0.4, -0.2) is 50.7 Å². The molecule has 0 N–H and O–H groups in total. The van der Waals surface area contributed by atoms with Crippen LogP contribution in [0.5, 0.6) is 0 Å². The fourth-order valence-corrected chi connectivity index (χ4v) is 3.00. The summed E-state index contributed by atoms with van der Waals surface area (Å²) in [5.41, 5.74) is -4.27. The van der Waals surface area contributed by atoms with Gasteiger partial charge in [-0.15, -0.1) is 0 Å². The summed E-state index contributed by atoms with van der Waals surface area (Å²) in [6.45, 7) is 8.86. The molecule has 0 aromatic rings. The smallest absolute Gasteiger partial charge is 0.457 e. The molecule has 0 aliphatic carbocycles. The van der Waals surface area contributed by atoms with E-state index in [1.807, 2.05) is 0 Å². The van der Waals surface area contributed by atoms with Crippen LogP contribution in [0.3, 0.4) is 0 Å². The number of halogens is 5. The first-order valence-electron chi connectivity index (χ1n) is 7.91. The number of ether oxygens (including phenoxy) is 2. The van der Waals surface area contributed by atoms with Crippen LogP contribution < -0.4 is 0 Å². The van der Waals surface area contributed by atoms with E-state index in [1.54, 1.807) is 13.8 Å². The van der Waals surface area contributed by atoms with E-state index < -0.39 is 50.7 Å². The maximum absolute atomic E-state index is 14.4. The topological polar surface area (TPSA) is 61.8 Å². The Balaban J connectivity index is 6.53. The van der Waals surface area contributed by atoms with Crippen molar-refractivity contribution < 1.29 is 45.4 Å². The van der Waals surface area contributed by atoms with Crippen molar-refractivity contribution in [2.75, 3.05) is 6.61 Å². The SMILES string of the molecule is CC(C)COC(=O)C(O[Si](C)(C)C)(C(=O)OC(C)C)C(F)(F)C(F)(F)F. The molecule has 1 unspecified atom stereocenters. The van der Waals surface area contributed by atoms with Crippen LogP contribution in [0, 0.1) is 5.92 Å². The van der Waals surface area contributed by atoms with Gasteiger partial charge < -0.3 is 13.9 Å². The van der Waals surface area contributed by atoms with E-state index in [4.69, 9.17) is 4.43 Å². The van der Waals surface area contributed by atoms with Gasteiger partial charge >= 0.3 is 29.6 Å². The molecule has 0 bridgehead atoms. The molecule has 0 spiro atoms. The Morgan fingerprint density at radius 3 is 1.69 bits per heavy atom. The second kappa shape index (κ2) is 8.20. The molecule has 5 nitrogen and oxygen atoms in total. The minimum Gasteiger partial charge on any atom is -0.463 e. The summed E-state index contributed by atoms with van der Waals surface area (Å²) in [7, 11) is -3.30. The first-order chi connectivity index (χ1) is 11.4. The van der Waals surface area contributed by atoms with Gasteiger partial charge in [-0.05, 0) is 39.4 Å². The van der Waals surface area contributed by atoms with E-state index in [0.717, 1.165) is 0 Å². The zero-order valence-corrected chi connectivity index (χ0v) is 16.8. The minimum absolute atomic E-state index is 0.371. The predicted octanol–water partition coefficient (Wildman–Crippen LogP) is 3.93. The highest BCUT2D eigenvalue weighted by Crippen LogP contribution is 2.48. The zero-order valence-electron chi connectivity index (χ0n) is 15.8. The van der Waals surface area contributed by atoms with Gasteiger partial charge in [0.2, 0.25) is 0 Å². The summed E-state index contributed by atoms with van der Waals surface area (Å²) in [5.74, 6) is -10.5. The summed E-state index contributed by atoms with van der Waals surface area (Å²) in [5, 5.41) is 0. The fraction of sp³-hybridized carbons (Fsp3) is 0.867. The van der Waals surface area contributed by atoms with Crippen molar-refractivity contribution in [2.24, 2.45) is 5.92 Å². The van der Waals surface area contributed by atoms with Gasteiger partial charge in [0, 0.05) is 0 Å². The van der Waals surface area contributed by atoms with Crippen molar-refractivity contribution in [3.63, 3.8) is 0 Å². The summed E-state index contributed by atoms with van der Waals surface area (Å²) < 4.78 is 82.3. The van der Waals surface area contributed by atoms with Crippen LogP contribution in [0.15, 0.2) is 0 Å². The summed E-state index contributed by atoms with van der Waals surface area (Å²) in [6, 6.07) is 0. The van der Waals surface area contributed by atoms with Crippen LogP contribution in [-0.2, 0) is 23.5 Å². The Bertz CT molecular complexity index is 514. The molecule has 154 valence electrons. The molecular weight excluding hydrogens is 383 g/mol. The number of alkyl halides is 5. The lowest BCUT2D eigenvalue weighted by Gasteiger charge is -2.40. The molecule has 0 amide bonds. The van der Waals surface area contributed by atoms with Crippen molar-refractivity contribution in [1.82, 2.24) is 0 Å². The molecule has 0 saturated heterocycles. The number of hydrogen-bond donors (Lipinski definition) is 0. The molecule has 0 aliphatic rings. The second-order valence-electron chi connectivity index (χ2n) is 7.41. The molecule has 0 fully saturated rings. The van der Waals surface area contributed by atoms with Crippen LogP contribution in [0.25, 0.3) is 0 Å². The molecule has 0 saturated carbocycles. The maximum Gasteiger partial charge on any atom is 0.457 e. The maximum atomic E-state index is 14.4. The molecule has 0 aromatic carbocycles. The lowest BCUT2D eigenvalue weighted by Crippen LogP contribution is -2.70. The van der Waals surface area contributed by atoms with Crippen molar-refractivity contribution in [1.29, 1.82) is 0 Å². The largest absolute Gasteiger partial charge is 0.463 e. The van der Waals surface area contributed by atoms with Gasteiger partial charge in [0.05, 0.1) is 12.7 Å². The van der Waals surface area contributed by atoms with Crippen LogP contribution >= 0.6 is 0 Å². The highest BCUT2D eigenvalue weighted by molar-refractivity contribution is 6.70. The molecule has 0 aliphatic heterocycles. The van der Waals surface area contributed by atoms with E-state index >= 15 is 0 Å². The van der Waals surface area contributed by atoms with Crippen molar-refractivity contribution in [2.45, 2.75) is 71.1 Å². The fourth-order valence-electron chi connectivity index (χ4n) is 1.79. The van der Waals surface area contributed by atoms with Crippen molar-refractivity contribution >= 4 is 20.3 Å². The number of esters is 2. The summed E-state index contributed by atoms with van der Waals surface area (Å²) in [6.07, 6.45) is -7.31. The van der Waals surface area contributed by atoms with Gasteiger partial charge in [-0.1, -0.05) is 13.8 Å². The third kappa shape index (κ3) is 5.63. The lowest BCUT2D eigenvalue weighted by atomic mass is 9.94. The molecule has 0 radical (unpaired) electrons. The monoisotopic (exact) mass is 408 g/mol. The number of carbonyl (C=O) groups excluding carboxylic acids is 2. The Morgan fingerprint density at radius 2 is 1.38 bits per heavy atom. The predicted molar refractivity (Wildman–Crippen MR) is 85.2 cm³/mol. The third-order valence-electron chi connectivity index (χ3n) is 2.72. The van der Waals surface area contributed by atoms with Gasteiger partial charge in [-0.25, -0.2) is 9.59 Å². The Kier molecular flexibility index (Phi) is 7.81. The molecule has 0 aromatic heterocycles. The normalized spacial score (nSPS) is 15.8. The standard InChI is InChI=1S/C15H25F5O5Si/c1-9(2)8-23-11(21)13(25-26(5,6)7,12(22)24-10(3)4)14(16,17)15(18,19)20/h9-10H,8H2,1-7H3. The van der Waals surface area contributed by atoms with Gasteiger partial charge in [0.25, 0.3) is 0 Å². The van der Waals surface area contributed by atoms with E-state index in [2.05, 4.69) is 9.47 Å². The summed E-state index contributed by atoms with van der Waals surface area (Å²) in [4.78, 5) is 24.7. The number of rotatable bonds is 8. The van der Waals surface area contributed by atoms with Crippen molar-refractivity contribution in [3.8, 4) is 0 Å². The van der Waals surface area contributed by atoms with E-state index in [-0.39, 0.29) is 5.92 Å². The average molecular weight is 408 g/mol. The van der Waals surface area contributed by atoms with Gasteiger partial charge in [-0.2, -0.15) is 22.0 Å². The van der Waals surface area contributed by atoms with Crippen molar-refractivity contribution in [3.05, 3.63) is 0 Å². The van der Waals surface area contributed by atoms with Crippen LogP contribution in [0.4, 0.5) is 22.0 Å². The number of hydrogen-bond acceptors (Lipinski definition) is 5. The van der Waals surface area contributed by atoms with Crippen LogP contribution in [0.2, 0.25) is 19.6 Å². The second-order valence-corrected chi connectivity index (χ2v) is 11.8. The van der Waals surface area contributed by atoms with Gasteiger partial charge in [-0.3, -0.25) is 0 Å².